The van der Waals surface area contributed by atoms with Crippen molar-refractivity contribution in [2.24, 2.45) is 4.99 Å². The summed E-state index contributed by atoms with van der Waals surface area (Å²) in [6, 6.07) is 8.95. The van der Waals surface area contributed by atoms with E-state index in [1.54, 1.807) is 44.2 Å². The van der Waals surface area contributed by atoms with E-state index in [0.717, 1.165) is 17.0 Å². The molecule has 1 unspecified atom stereocenters. The van der Waals surface area contributed by atoms with Crippen LogP contribution < -0.4 is 29.3 Å². The van der Waals surface area contributed by atoms with Crippen LogP contribution in [0.1, 0.15) is 31.0 Å². The Kier molecular flexibility index (Phi) is 8.41. The van der Waals surface area contributed by atoms with Gasteiger partial charge in [0, 0.05) is 36.5 Å². The average Bonchev–Trinajstić information content (AvgIpc) is 3.30. The Morgan fingerprint density at radius 2 is 1.90 bits per heavy atom. The number of benzene rings is 2. The molecule has 42 heavy (non-hydrogen) atoms. The maximum Gasteiger partial charge on any atom is 0.338 e. The lowest BCUT2D eigenvalue weighted by molar-refractivity contribution is -0.384. The Bertz CT molecular complexity index is 1750. The molecule has 1 saturated heterocycles. The minimum atomic E-state index is -0.855. The number of hydrogen-bond acceptors (Lipinski definition) is 11. The van der Waals surface area contributed by atoms with Crippen molar-refractivity contribution < 1.29 is 28.7 Å². The first-order valence-corrected chi connectivity index (χ1v) is 14.1. The second-order valence-corrected chi connectivity index (χ2v) is 10.5. The van der Waals surface area contributed by atoms with Crippen LogP contribution in [0.2, 0.25) is 0 Å². The number of aromatic nitrogens is 1. The van der Waals surface area contributed by atoms with Crippen LogP contribution in [0.15, 0.2) is 57.5 Å². The third-order valence-corrected chi connectivity index (χ3v) is 8.08. The highest BCUT2D eigenvalue weighted by Crippen LogP contribution is 2.36. The van der Waals surface area contributed by atoms with Gasteiger partial charge in [0.2, 0.25) is 0 Å². The second kappa shape index (κ2) is 12.2. The number of carbonyl (C=O) groups is 1. The lowest BCUT2D eigenvalue weighted by Gasteiger charge is -2.30. The smallest absolute Gasteiger partial charge is 0.338 e. The maximum atomic E-state index is 14.1. The molecule has 0 N–H and O–H groups in total. The van der Waals surface area contributed by atoms with Gasteiger partial charge >= 0.3 is 5.97 Å². The first-order valence-electron chi connectivity index (χ1n) is 13.3. The van der Waals surface area contributed by atoms with Gasteiger partial charge in [-0.2, -0.15) is 0 Å². The first-order chi connectivity index (χ1) is 20.3. The highest BCUT2D eigenvalue weighted by molar-refractivity contribution is 7.07. The molecule has 12 nitrogen and oxygen atoms in total. The van der Waals surface area contributed by atoms with E-state index in [0.29, 0.717) is 64.0 Å². The monoisotopic (exact) mass is 594 g/mol. The van der Waals surface area contributed by atoms with Crippen LogP contribution in [-0.4, -0.2) is 62.6 Å². The Labute approximate surface area is 244 Å². The SMILES string of the molecule is CCOC(=O)C1=C(C)N=c2s/c(=C\c3cc([N+](=O)[O-])ccc3N3CCOCC3)c(=O)n2C1c1ccc(OC)c(OC)c1. The van der Waals surface area contributed by atoms with Gasteiger partial charge in [-0.05, 0) is 43.7 Å². The van der Waals surface area contributed by atoms with Gasteiger partial charge in [-0.3, -0.25) is 19.5 Å². The number of anilines is 1. The molecule has 2 aliphatic rings. The maximum absolute atomic E-state index is 14.1. The van der Waals surface area contributed by atoms with Gasteiger partial charge in [0.05, 0.1) is 60.8 Å². The van der Waals surface area contributed by atoms with Gasteiger partial charge in [-0.1, -0.05) is 17.4 Å². The Morgan fingerprint density at radius 1 is 1.17 bits per heavy atom. The standard InChI is InChI=1S/C29H30N4O8S/c1-5-41-28(35)25-17(2)30-29-32(26(25)18-6-9-22(38-3)23(15-18)39-4)27(34)24(42-29)16-19-14-20(33(36)37)7-8-21(19)31-10-12-40-13-11-31/h6-9,14-16,26H,5,10-13H2,1-4H3/b24-16-. The molecular formula is C29H30N4O8S. The number of fused-ring (bicyclic) bond motifs is 1. The van der Waals surface area contributed by atoms with Crippen LogP contribution in [0.5, 0.6) is 11.5 Å². The molecule has 0 bridgehead atoms. The quantitative estimate of drug-likeness (QED) is 0.219. The van der Waals surface area contributed by atoms with Crippen molar-refractivity contribution in [3.63, 3.8) is 0 Å². The summed E-state index contributed by atoms with van der Waals surface area (Å²) in [5.74, 6) is 0.344. The Balaban J connectivity index is 1.73. The highest BCUT2D eigenvalue weighted by atomic mass is 32.1. The lowest BCUT2D eigenvalue weighted by atomic mass is 9.95. The second-order valence-electron chi connectivity index (χ2n) is 9.52. The Morgan fingerprint density at radius 3 is 2.57 bits per heavy atom. The largest absolute Gasteiger partial charge is 0.493 e. The number of nitrogens with zero attached hydrogens (tertiary/aromatic N) is 4. The zero-order chi connectivity index (χ0) is 30.0. The van der Waals surface area contributed by atoms with E-state index in [1.165, 1.54) is 30.9 Å². The first kappa shape index (κ1) is 29.0. The zero-order valence-electron chi connectivity index (χ0n) is 23.6. The number of carbonyl (C=O) groups excluding carboxylic acids is 1. The van der Waals surface area contributed by atoms with Crippen LogP contribution in [-0.2, 0) is 14.3 Å². The van der Waals surface area contributed by atoms with Crippen molar-refractivity contribution in [3.05, 3.63) is 88.6 Å². The number of nitro benzene ring substituents is 1. The highest BCUT2D eigenvalue weighted by Gasteiger charge is 2.34. The number of hydrogen-bond donors (Lipinski definition) is 0. The number of thiazole rings is 1. The third-order valence-electron chi connectivity index (χ3n) is 7.10. The number of ether oxygens (including phenoxy) is 4. The van der Waals surface area contributed by atoms with Gasteiger partial charge in [-0.15, -0.1) is 0 Å². The number of esters is 1. The van der Waals surface area contributed by atoms with Crippen LogP contribution in [0.3, 0.4) is 0 Å². The molecule has 2 aliphatic heterocycles. The van der Waals surface area contributed by atoms with Crippen molar-refractivity contribution in [2.75, 3.05) is 52.0 Å². The summed E-state index contributed by atoms with van der Waals surface area (Å²) < 4.78 is 23.5. The van der Waals surface area contributed by atoms with Crippen LogP contribution in [0.4, 0.5) is 11.4 Å². The number of methoxy groups -OCH3 is 2. The van der Waals surface area contributed by atoms with E-state index in [4.69, 9.17) is 18.9 Å². The summed E-state index contributed by atoms with van der Waals surface area (Å²) in [6.45, 7) is 5.84. The number of allylic oxidation sites excluding steroid dienone is 1. The number of rotatable bonds is 8. The fourth-order valence-electron chi connectivity index (χ4n) is 5.13. The van der Waals surface area contributed by atoms with E-state index in [2.05, 4.69) is 9.89 Å². The minimum Gasteiger partial charge on any atom is -0.493 e. The molecule has 0 saturated carbocycles. The Hall–Kier alpha value is -4.49. The summed E-state index contributed by atoms with van der Waals surface area (Å²) in [4.78, 5) is 45.5. The van der Waals surface area contributed by atoms with E-state index >= 15 is 0 Å². The van der Waals surface area contributed by atoms with Gasteiger partial charge in [0.1, 0.15) is 0 Å². The summed E-state index contributed by atoms with van der Waals surface area (Å²) in [6.07, 6.45) is 1.65. The summed E-state index contributed by atoms with van der Waals surface area (Å²) in [5.41, 5.74) is 2.05. The molecule has 0 radical (unpaired) electrons. The molecule has 1 aromatic heterocycles. The van der Waals surface area contributed by atoms with Crippen LogP contribution in [0.25, 0.3) is 6.08 Å². The van der Waals surface area contributed by atoms with Gasteiger partial charge in [0.25, 0.3) is 11.2 Å². The topological polar surface area (TPSA) is 135 Å². The van der Waals surface area contributed by atoms with Crippen molar-refractivity contribution in [1.82, 2.24) is 4.57 Å². The molecule has 220 valence electrons. The van der Waals surface area contributed by atoms with E-state index in [1.807, 2.05) is 0 Å². The summed E-state index contributed by atoms with van der Waals surface area (Å²) >= 11 is 1.15. The minimum absolute atomic E-state index is 0.0883. The van der Waals surface area contributed by atoms with Crippen molar-refractivity contribution >= 4 is 34.8 Å². The molecule has 3 heterocycles. The van der Waals surface area contributed by atoms with Gasteiger partial charge in [-0.25, -0.2) is 9.79 Å². The molecule has 13 heteroatoms. The molecule has 0 spiro atoms. The summed E-state index contributed by atoms with van der Waals surface area (Å²) in [5, 5.41) is 11.6. The van der Waals surface area contributed by atoms with Crippen molar-refractivity contribution in [3.8, 4) is 11.5 Å². The fourth-order valence-corrected chi connectivity index (χ4v) is 6.17. The molecule has 3 aromatic rings. The van der Waals surface area contributed by atoms with Gasteiger partial charge in [0.15, 0.2) is 16.3 Å². The normalized spacial score (nSPS) is 17.0. The lowest BCUT2D eigenvalue weighted by Crippen LogP contribution is -2.40. The molecular weight excluding hydrogens is 564 g/mol. The predicted octanol–water partition coefficient (Wildman–Crippen LogP) is 2.56. The molecule has 0 aliphatic carbocycles. The van der Waals surface area contributed by atoms with Crippen molar-refractivity contribution in [1.29, 1.82) is 0 Å². The molecule has 5 rings (SSSR count). The molecule has 1 fully saturated rings. The van der Waals surface area contributed by atoms with Gasteiger partial charge < -0.3 is 23.8 Å². The van der Waals surface area contributed by atoms with Crippen molar-refractivity contribution in [2.45, 2.75) is 19.9 Å². The zero-order valence-corrected chi connectivity index (χ0v) is 24.4. The van der Waals surface area contributed by atoms with E-state index < -0.39 is 22.5 Å². The molecule has 2 aromatic carbocycles. The third kappa shape index (κ3) is 5.40. The van der Waals surface area contributed by atoms with Crippen LogP contribution in [0, 0.1) is 10.1 Å². The number of non-ortho nitro benzene ring substituents is 1. The van der Waals surface area contributed by atoms with Crippen LogP contribution >= 0.6 is 11.3 Å². The van der Waals surface area contributed by atoms with E-state index in [-0.39, 0.29) is 17.9 Å². The summed E-state index contributed by atoms with van der Waals surface area (Å²) in [7, 11) is 3.03. The molecule has 1 atom stereocenters. The van der Waals surface area contributed by atoms with E-state index in [9.17, 15) is 19.7 Å². The number of nitro groups is 1. The average molecular weight is 595 g/mol. The molecule has 0 amide bonds. The predicted molar refractivity (Wildman–Crippen MR) is 156 cm³/mol. The fraction of sp³-hybridized carbons (Fsp3) is 0.345. The number of morpholine rings is 1.